The molecule has 4 rings (SSSR count). The van der Waals surface area contributed by atoms with E-state index in [1.54, 1.807) is 0 Å². The Morgan fingerprint density at radius 2 is 1.52 bits per heavy atom. The molecular formula is C26H15Cl6F4N3O3. The number of carbonyl (C=O) groups is 3. The molecule has 42 heavy (non-hydrogen) atoms. The summed E-state index contributed by atoms with van der Waals surface area (Å²) in [6.07, 6.45) is -3.53. The van der Waals surface area contributed by atoms with E-state index in [0.717, 1.165) is 13.1 Å². The molecule has 0 aliphatic heterocycles. The van der Waals surface area contributed by atoms with Crippen molar-refractivity contribution in [3.8, 4) is 0 Å². The fourth-order valence-electron chi connectivity index (χ4n) is 4.21. The molecule has 0 spiro atoms. The van der Waals surface area contributed by atoms with Crippen molar-refractivity contribution in [1.82, 2.24) is 0 Å². The summed E-state index contributed by atoms with van der Waals surface area (Å²) in [5.41, 5.74) is -1.43. The van der Waals surface area contributed by atoms with Crippen LogP contribution in [0.25, 0.3) is 0 Å². The summed E-state index contributed by atoms with van der Waals surface area (Å²) in [5.74, 6) is -7.95. The predicted octanol–water partition coefficient (Wildman–Crippen LogP) is 8.58. The lowest BCUT2D eigenvalue weighted by Crippen LogP contribution is -2.33. The molecule has 1 aliphatic carbocycles. The van der Waals surface area contributed by atoms with Crippen LogP contribution in [0.3, 0.4) is 0 Å². The second-order valence-electron chi connectivity index (χ2n) is 9.02. The van der Waals surface area contributed by atoms with E-state index in [2.05, 4.69) is 10.6 Å². The molecule has 6 nitrogen and oxygen atoms in total. The van der Waals surface area contributed by atoms with Gasteiger partial charge in [0.1, 0.15) is 15.8 Å². The third kappa shape index (κ3) is 6.25. The summed E-state index contributed by atoms with van der Waals surface area (Å²) in [7, 11) is 0.752. The Labute approximate surface area is 265 Å². The van der Waals surface area contributed by atoms with E-state index in [0.29, 0.717) is 11.6 Å². The molecule has 16 heteroatoms. The molecule has 3 aromatic rings. The van der Waals surface area contributed by atoms with Crippen LogP contribution >= 0.6 is 69.6 Å². The zero-order chi connectivity index (χ0) is 31.3. The van der Waals surface area contributed by atoms with Gasteiger partial charge in [-0.2, -0.15) is 8.78 Å². The van der Waals surface area contributed by atoms with Crippen molar-refractivity contribution in [2.45, 2.75) is 16.7 Å². The number of benzene rings is 3. The Morgan fingerprint density at radius 3 is 2.12 bits per heavy atom. The lowest BCUT2D eigenvalue weighted by atomic mass is 10.1. The molecule has 0 heterocycles. The predicted molar refractivity (Wildman–Crippen MR) is 156 cm³/mol. The first-order valence-corrected chi connectivity index (χ1v) is 13.8. The Hall–Kier alpha value is -2.47. The minimum atomic E-state index is -3.53. The first-order valence-electron chi connectivity index (χ1n) is 11.5. The van der Waals surface area contributed by atoms with Gasteiger partial charge in [-0.3, -0.25) is 14.4 Å². The van der Waals surface area contributed by atoms with Crippen molar-refractivity contribution < 1.29 is 31.9 Å². The van der Waals surface area contributed by atoms with E-state index in [1.807, 2.05) is 0 Å². The largest absolute Gasteiger partial charge is 0.326 e. The molecule has 3 amide bonds. The molecule has 1 saturated carbocycles. The highest BCUT2D eigenvalue weighted by Crippen LogP contribution is 2.65. The first kappa shape index (κ1) is 32.4. The quantitative estimate of drug-likeness (QED) is 0.147. The number of nitrogens with zero attached hydrogens (tertiary/aromatic N) is 1. The van der Waals surface area contributed by atoms with Crippen LogP contribution in [-0.4, -0.2) is 35.5 Å². The van der Waals surface area contributed by atoms with Crippen LogP contribution in [0, 0.1) is 17.6 Å². The van der Waals surface area contributed by atoms with Crippen LogP contribution in [0.2, 0.25) is 20.1 Å². The molecule has 3 aromatic carbocycles. The van der Waals surface area contributed by atoms with Crippen molar-refractivity contribution >= 4 is 104 Å². The Kier molecular flexibility index (Phi) is 9.47. The third-order valence-corrected chi connectivity index (χ3v) is 8.81. The Balaban J connectivity index is 1.54. The summed E-state index contributed by atoms with van der Waals surface area (Å²) in [6.45, 7) is 0. The van der Waals surface area contributed by atoms with Crippen LogP contribution in [-0.2, 0) is 9.59 Å². The average molecular weight is 706 g/mol. The summed E-state index contributed by atoms with van der Waals surface area (Å²) >= 11 is 37.1. The van der Waals surface area contributed by atoms with Crippen molar-refractivity contribution in [3.63, 3.8) is 0 Å². The molecule has 222 valence electrons. The number of carbonyl (C=O) groups excluding carboxylic acids is 3. The van der Waals surface area contributed by atoms with Gasteiger partial charge in [-0.15, -0.1) is 23.2 Å². The molecule has 2 atom stereocenters. The minimum absolute atomic E-state index is 0.0824. The molecule has 1 aliphatic rings. The highest BCUT2D eigenvalue weighted by molar-refractivity contribution is 6.54. The number of hydrogen-bond acceptors (Lipinski definition) is 3. The molecule has 0 bridgehead atoms. The third-order valence-electron chi connectivity index (χ3n) is 6.35. The molecular weight excluding hydrogens is 691 g/mol. The molecule has 2 N–H and O–H groups in total. The number of nitrogens with one attached hydrogen (secondary N) is 2. The maximum Gasteiger partial charge on any atom is 0.316 e. The van der Waals surface area contributed by atoms with Crippen molar-refractivity contribution in [2.24, 2.45) is 5.92 Å². The van der Waals surface area contributed by atoms with Gasteiger partial charge in [0.05, 0.1) is 37.3 Å². The highest BCUT2D eigenvalue weighted by atomic mass is 35.5. The second-order valence-corrected chi connectivity index (χ2v) is 12.1. The van der Waals surface area contributed by atoms with Crippen LogP contribution in [0.5, 0.6) is 0 Å². The van der Waals surface area contributed by atoms with Crippen LogP contribution in [0.4, 0.5) is 34.6 Å². The van der Waals surface area contributed by atoms with E-state index in [-0.39, 0.29) is 36.2 Å². The number of alkyl halides is 4. The molecule has 0 radical (unpaired) electrons. The summed E-state index contributed by atoms with van der Waals surface area (Å²) in [5, 5.41) is 5.01. The van der Waals surface area contributed by atoms with Gasteiger partial charge >= 0.3 is 6.43 Å². The Morgan fingerprint density at radius 1 is 0.905 bits per heavy atom. The smallest absolute Gasteiger partial charge is 0.316 e. The summed E-state index contributed by atoms with van der Waals surface area (Å²) < 4.78 is 53.3. The van der Waals surface area contributed by atoms with Gasteiger partial charge in [0.2, 0.25) is 5.91 Å². The topological polar surface area (TPSA) is 78.5 Å². The minimum Gasteiger partial charge on any atom is -0.326 e. The first-order chi connectivity index (χ1) is 19.6. The van der Waals surface area contributed by atoms with Crippen LogP contribution < -0.4 is 15.5 Å². The van der Waals surface area contributed by atoms with Gasteiger partial charge in [-0.25, -0.2) is 8.78 Å². The molecule has 0 saturated heterocycles. The number of hydrogen-bond donors (Lipinski definition) is 2. The standard InChI is InChI=1S/C26H15Cl6F4N3O3/c1-39(25(42)22(35)36)21-15(33)4-5-16(20(21)34)38-23(40)11-8-10(2-3-12(11)27)37-24(41)18-17(26(18,31)32)9-6-13(28)19(30)14(29)7-9/h2-8,17-18,22H,1H3,(H,37,41)(H,38,40)/t17-,18+/m0/s1. The molecule has 0 unspecified atom stereocenters. The normalized spacial score (nSPS) is 17.1. The Bertz CT molecular complexity index is 1600. The maximum absolute atomic E-state index is 15.0. The van der Waals surface area contributed by atoms with Gasteiger partial charge in [0, 0.05) is 18.7 Å². The van der Waals surface area contributed by atoms with E-state index < -0.39 is 63.3 Å². The van der Waals surface area contributed by atoms with Gasteiger partial charge in [-0.1, -0.05) is 46.4 Å². The lowest BCUT2D eigenvalue weighted by molar-refractivity contribution is -0.128. The van der Waals surface area contributed by atoms with Crippen molar-refractivity contribution in [2.75, 3.05) is 22.6 Å². The maximum atomic E-state index is 15.0. The highest BCUT2D eigenvalue weighted by Gasteiger charge is 2.67. The van der Waals surface area contributed by atoms with Gasteiger partial charge in [-0.05, 0) is 48.0 Å². The number of amides is 3. The number of anilines is 3. The fraction of sp³-hybridized carbons (Fsp3) is 0.192. The lowest BCUT2D eigenvalue weighted by Gasteiger charge is -2.20. The van der Waals surface area contributed by atoms with E-state index >= 15 is 4.39 Å². The summed E-state index contributed by atoms with van der Waals surface area (Å²) in [6, 6.07) is 8.29. The van der Waals surface area contributed by atoms with Crippen molar-refractivity contribution in [1.29, 1.82) is 0 Å². The number of halogens is 10. The summed E-state index contributed by atoms with van der Waals surface area (Å²) in [4.78, 5) is 37.7. The molecule has 0 aromatic heterocycles. The van der Waals surface area contributed by atoms with E-state index in [9.17, 15) is 27.6 Å². The molecule has 1 fully saturated rings. The van der Waals surface area contributed by atoms with Crippen LogP contribution in [0.15, 0.2) is 42.5 Å². The number of rotatable bonds is 7. The average Bonchev–Trinajstić information content (AvgIpc) is 3.50. The monoisotopic (exact) mass is 703 g/mol. The fourth-order valence-corrected chi connectivity index (χ4v) is 5.86. The van der Waals surface area contributed by atoms with Crippen LogP contribution in [0.1, 0.15) is 21.8 Å². The second kappa shape index (κ2) is 12.3. The zero-order valence-electron chi connectivity index (χ0n) is 20.7. The van der Waals surface area contributed by atoms with Gasteiger partial charge in [0.25, 0.3) is 11.8 Å². The van der Waals surface area contributed by atoms with E-state index in [1.165, 1.54) is 30.3 Å². The zero-order valence-corrected chi connectivity index (χ0v) is 25.3. The van der Waals surface area contributed by atoms with Crippen molar-refractivity contribution in [3.05, 3.63) is 85.3 Å². The van der Waals surface area contributed by atoms with Gasteiger partial charge in [0.15, 0.2) is 5.82 Å². The van der Waals surface area contributed by atoms with Gasteiger partial charge < -0.3 is 15.5 Å². The van der Waals surface area contributed by atoms with E-state index in [4.69, 9.17) is 69.6 Å². The SMILES string of the molecule is CN(C(=O)C(F)F)c1c(F)ccc(NC(=O)c2cc(NC(=O)[C@H]3[C@H](c4cc(Cl)c(Cl)c(Cl)c4)C3(Cl)Cl)ccc2Cl)c1F.